The third-order valence-corrected chi connectivity index (χ3v) is 5.80. The molecule has 82 valence electrons. The van der Waals surface area contributed by atoms with Crippen molar-refractivity contribution in [3.05, 3.63) is 19.2 Å². The average molecular weight is 418 g/mol. The molecule has 2 nitrogen and oxygen atoms in total. The molecule has 0 bridgehead atoms. The molecule has 6 heteroatoms. The Bertz CT molecular complexity index is 400. The highest BCUT2D eigenvalue weighted by molar-refractivity contribution is 9.12. The third-order valence-electron chi connectivity index (χ3n) is 2.39. The number of alkyl halides is 1. The van der Waals surface area contributed by atoms with Crippen molar-refractivity contribution >= 4 is 65.0 Å². The minimum absolute atomic E-state index is 0.000718. The zero-order valence-electron chi connectivity index (χ0n) is 7.65. The molecule has 0 atom stereocenters. The maximum atomic E-state index is 11.9. The molecule has 0 aliphatic heterocycles. The Morgan fingerprint density at radius 3 is 2.60 bits per heavy atom. The second-order valence-electron chi connectivity index (χ2n) is 3.61. The Labute approximate surface area is 117 Å². The van der Waals surface area contributed by atoms with Crippen molar-refractivity contribution < 1.29 is 4.79 Å². The second-order valence-corrected chi connectivity index (χ2v) is 7.92. The quantitative estimate of drug-likeness (QED) is 0.742. The summed E-state index contributed by atoms with van der Waals surface area (Å²) in [7, 11) is 0. The summed E-state index contributed by atoms with van der Waals surface area (Å²) in [4.78, 5) is 11.9. The molecule has 1 heterocycles. The van der Waals surface area contributed by atoms with Crippen molar-refractivity contribution in [2.75, 3.05) is 5.33 Å². The van der Waals surface area contributed by atoms with Crippen LogP contribution in [0.5, 0.6) is 0 Å². The summed E-state index contributed by atoms with van der Waals surface area (Å²) >= 11 is 11.7. The maximum absolute atomic E-state index is 11.9. The molecule has 1 aromatic heterocycles. The van der Waals surface area contributed by atoms with Gasteiger partial charge in [-0.25, -0.2) is 0 Å². The molecular formula is C9H8Br3NOS. The molecule has 15 heavy (non-hydrogen) atoms. The van der Waals surface area contributed by atoms with Crippen LogP contribution >= 0.6 is 59.1 Å². The fourth-order valence-electron chi connectivity index (χ4n) is 1.25. The van der Waals surface area contributed by atoms with E-state index in [1.807, 2.05) is 6.07 Å². The monoisotopic (exact) mass is 415 g/mol. The van der Waals surface area contributed by atoms with Crippen LogP contribution in [-0.4, -0.2) is 16.8 Å². The number of halogens is 3. The van der Waals surface area contributed by atoms with Crippen molar-refractivity contribution in [3.63, 3.8) is 0 Å². The summed E-state index contributed by atoms with van der Waals surface area (Å²) in [5.74, 6) is 0.000718. The third kappa shape index (κ3) is 2.65. The van der Waals surface area contributed by atoms with Crippen LogP contribution in [0.4, 0.5) is 0 Å². The highest BCUT2D eigenvalue weighted by Crippen LogP contribution is 2.38. The number of carbonyl (C=O) groups excluding carboxylic acids is 1. The fourth-order valence-corrected chi connectivity index (χ4v) is 4.74. The number of rotatable bonds is 3. The standard InChI is InChI=1S/C9H8Br3NOS/c10-4-9(1-2-9)13-8(14)5-3-6(11)15-7(5)12/h3H,1-2,4H2,(H,13,14). The molecule has 1 saturated carbocycles. The molecular weight excluding hydrogens is 410 g/mol. The van der Waals surface area contributed by atoms with Gasteiger partial charge in [0.25, 0.3) is 5.91 Å². The van der Waals surface area contributed by atoms with Crippen LogP contribution in [0, 0.1) is 0 Å². The van der Waals surface area contributed by atoms with Crippen molar-refractivity contribution in [1.29, 1.82) is 0 Å². The van der Waals surface area contributed by atoms with E-state index in [1.54, 1.807) is 0 Å². The largest absolute Gasteiger partial charge is 0.346 e. The smallest absolute Gasteiger partial charge is 0.253 e. The molecule has 1 aliphatic rings. The van der Waals surface area contributed by atoms with E-state index in [9.17, 15) is 4.79 Å². The first kappa shape index (κ1) is 12.1. The molecule has 0 unspecified atom stereocenters. The van der Waals surface area contributed by atoms with Gasteiger partial charge in [0.15, 0.2) is 0 Å². The lowest BCUT2D eigenvalue weighted by molar-refractivity contribution is 0.0936. The maximum Gasteiger partial charge on any atom is 0.253 e. The highest BCUT2D eigenvalue weighted by atomic mass is 79.9. The van der Waals surface area contributed by atoms with Crippen LogP contribution in [0.3, 0.4) is 0 Å². The first-order valence-corrected chi connectivity index (χ1v) is 7.92. The van der Waals surface area contributed by atoms with E-state index in [2.05, 4.69) is 53.1 Å². The summed E-state index contributed by atoms with van der Waals surface area (Å²) in [6.45, 7) is 0. The summed E-state index contributed by atoms with van der Waals surface area (Å²) in [6.07, 6.45) is 2.12. The van der Waals surface area contributed by atoms with Crippen LogP contribution in [0.1, 0.15) is 23.2 Å². The molecule has 1 aromatic rings. The van der Waals surface area contributed by atoms with Gasteiger partial charge in [0.2, 0.25) is 0 Å². The van der Waals surface area contributed by atoms with Crippen molar-refractivity contribution in [2.45, 2.75) is 18.4 Å². The van der Waals surface area contributed by atoms with Crippen molar-refractivity contribution in [1.82, 2.24) is 5.32 Å². The Morgan fingerprint density at radius 2 is 2.20 bits per heavy atom. The van der Waals surface area contributed by atoms with E-state index in [1.165, 1.54) is 11.3 Å². The Kier molecular flexibility index (Phi) is 3.60. The first-order chi connectivity index (χ1) is 7.06. The molecule has 0 saturated heterocycles. The lowest BCUT2D eigenvalue weighted by atomic mass is 10.2. The van der Waals surface area contributed by atoms with Crippen LogP contribution in [-0.2, 0) is 0 Å². The second kappa shape index (κ2) is 4.47. The summed E-state index contributed by atoms with van der Waals surface area (Å²) in [5, 5.41) is 3.89. The predicted molar refractivity (Wildman–Crippen MR) is 72.9 cm³/mol. The van der Waals surface area contributed by atoms with Crippen LogP contribution in [0.2, 0.25) is 0 Å². The van der Waals surface area contributed by atoms with E-state index >= 15 is 0 Å². The zero-order valence-corrected chi connectivity index (χ0v) is 13.2. The van der Waals surface area contributed by atoms with Gasteiger partial charge in [-0.2, -0.15) is 0 Å². The number of amides is 1. The summed E-state index contributed by atoms with van der Waals surface area (Å²) in [6, 6.07) is 1.84. The zero-order chi connectivity index (χ0) is 11.1. The van der Waals surface area contributed by atoms with Gasteiger partial charge in [-0.3, -0.25) is 4.79 Å². The predicted octanol–water partition coefficient (Wildman–Crippen LogP) is 3.93. The summed E-state index contributed by atoms with van der Waals surface area (Å²) in [5.41, 5.74) is 0.712. The topological polar surface area (TPSA) is 29.1 Å². The van der Waals surface area contributed by atoms with Crippen molar-refractivity contribution in [2.24, 2.45) is 0 Å². The lowest BCUT2D eigenvalue weighted by Crippen LogP contribution is -2.38. The van der Waals surface area contributed by atoms with Crippen LogP contribution < -0.4 is 5.32 Å². The average Bonchev–Trinajstić information content (AvgIpc) is 2.86. The van der Waals surface area contributed by atoms with Crippen LogP contribution in [0.15, 0.2) is 13.6 Å². The number of hydrogen-bond donors (Lipinski definition) is 1. The van der Waals surface area contributed by atoms with Gasteiger partial charge in [-0.15, -0.1) is 11.3 Å². The molecule has 0 spiro atoms. The molecule has 0 radical (unpaired) electrons. The van der Waals surface area contributed by atoms with E-state index in [0.29, 0.717) is 5.56 Å². The van der Waals surface area contributed by atoms with E-state index in [-0.39, 0.29) is 11.4 Å². The number of carbonyl (C=O) groups is 1. The molecule has 1 amide bonds. The number of hydrogen-bond acceptors (Lipinski definition) is 2. The lowest BCUT2D eigenvalue weighted by Gasteiger charge is -2.13. The number of nitrogens with one attached hydrogen (secondary N) is 1. The van der Waals surface area contributed by atoms with E-state index in [4.69, 9.17) is 0 Å². The Hall–Kier alpha value is 0.610. The first-order valence-electron chi connectivity index (χ1n) is 4.40. The number of thiophene rings is 1. The Morgan fingerprint density at radius 1 is 1.53 bits per heavy atom. The molecule has 1 fully saturated rings. The minimum atomic E-state index is 0.000718. The van der Waals surface area contributed by atoms with Gasteiger partial charge < -0.3 is 5.32 Å². The normalized spacial score (nSPS) is 17.5. The molecule has 2 rings (SSSR count). The van der Waals surface area contributed by atoms with E-state index in [0.717, 1.165) is 25.7 Å². The van der Waals surface area contributed by atoms with E-state index < -0.39 is 0 Å². The molecule has 1 aliphatic carbocycles. The van der Waals surface area contributed by atoms with Gasteiger partial charge in [-0.1, -0.05) is 15.9 Å². The SMILES string of the molecule is O=C(NC1(CBr)CC1)c1cc(Br)sc1Br. The Balaban J connectivity index is 2.11. The van der Waals surface area contributed by atoms with Gasteiger partial charge in [0.1, 0.15) is 0 Å². The van der Waals surface area contributed by atoms with Gasteiger partial charge in [-0.05, 0) is 50.8 Å². The minimum Gasteiger partial charge on any atom is -0.346 e. The van der Waals surface area contributed by atoms with Gasteiger partial charge >= 0.3 is 0 Å². The fraction of sp³-hybridized carbons (Fsp3) is 0.444. The highest BCUT2D eigenvalue weighted by Gasteiger charge is 2.43. The summed E-state index contributed by atoms with van der Waals surface area (Å²) < 4.78 is 1.83. The molecule has 1 N–H and O–H groups in total. The van der Waals surface area contributed by atoms with Gasteiger partial charge in [0, 0.05) is 5.33 Å². The van der Waals surface area contributed by atoms with Crippen LogP contribution in [0.25, 0.3) is 0 Å². The van der Waals surface area contributed by atoms with Gasteiger partial charge in [0.05, 0.1) is 18.7 Å². The molecule has 0 aromatic carbocycles. The van der Waals surface area contributed by atoms with Crippen molar-refractivity contribution in [3.8, 4) is 0 Å².